The summed E-state index contributed by atoms with van der Waals surface area (Å²) in [6, 6.07) is 0. The van der Waals surface area contributed by atoms with E-state index in [-0.39, 0.29) is 18.2 Å². The highest BCUT2D eigenvalue weighted by Crippen LogP contribution is 2.02. The molecule has 0 aliphatic carbocycles. The van der Waals surface area contributed by atoms with Crippen molar-refractivity contribution in [1.29, 1.82) is 0 Å². The predicted molar refractivity (Wildman–Crippen MR) is 61.2 cm³/mol. The van der Waals surface area contributed by atoms with E-state index in [1.54, 1.807) is 19.1 Å². The number of nitrogens with one attached hydrogen (secondary N) is 1. The van der Waals surface area contributed by atoms with E-state index in [1.165, 1.54) is 6.08 Å². The molecule has 0 saturated heterocycles. The first kappa shape index (κ1) is 13.6. The van der Waals surface area contributed by atoms with Crippen molar-refractivity contribution >= 4 is 11.8 Å². The Balaban J connectivity index is 3.85. The molecule has 0 rings (SSSR count). The summed E-state index contributed by atoms with van der Waals surface area (Å²) in [5.74, 6) is -0.152. The van der Waals surface area contributed by atoms with Crippen LogP contribution in [0.1, 0.15) is 33.6 Å². The molecule has 1 N–H and O–H groups in total. The van der Waals surface area contributed by atoms with Gasteiger partial charge in [-0.2, -0.15) is 0 Å². The molecule has 84 valence electrons. The summed E-state index contributed by atoms with van der Waals surface area (Å²) >= 11 is 0. The van der Waals surface area contributed by atoms with E-state index < -0.39 is 0 Å². The van der Waals surface area contributed by atoms with Gasteiger partial charge in [0.2, 0.25) is 11.8 Å². The average Bonchev–Trinajstić information content (AvgIpc) is 2.17. The van der Waals surface area contributed by atoms with Gasteiger partial charge < -0.3 is 0 Å². The highest BCUT2D eigenvalue weighted by atomic mass is 16.2. The lowest BCUT2D eigenvalue weighted by molar-refractivity contribution is -0.127. The Labute approximate surface area is 91.2 Å². The molecule has 1 atom stereocenters. The minimum atomic E-state index is -0.362. The molecule has 0 heterocycles. The first-order chi connectivity index (χ1) is 7.10. The molecule has 3 heteroatoms. The van der Waals surface area contributed by atoms with Crippen LogP contribution in [0.2, 0.25) is 0 Å². The number of hydrogen-bond donors (Lipinski definition) is 1. The maximum absolute atomic E-state index is 11.2. The molecule has 0 radical (unpaired) electrons. The van der Waals surface area contributed by atoms with Gasteiger partial charge in [-0.15, -0.1) is 0 Å². The second-order valence-corrected chi connectivity index (χ2v) is 3.43. The van der Waals surface area contributed by atoms with Crippen LogP contribution in [0.4, 0.5) is 0 Å². The number of rotatable bonds is 5. The van der Waals surface area contributed by atoms with E-state index in [2.05, 4.69) is 19.2 Å². The van der Waals surface area contributed by atoms with Gasteiger partial charge in [-0.25, -0.2) is 0 Å². The lowest BCUT2D eigenvalue weighted by Gasteiger charge is -2.00. The zero-order chi connectivity index (χ0) is 11.7. The Hall–Kier alpha value is -1.38. The molecule has 0 bridgehead atoms. The molecular weight excluding hydrogens is 190 g/mol. The zero-order valence-electron chi connectivity index (χ0n) is 9.62. The van der Waals surface area contributed by atoms with Crippen LogP contribution in [-0.2, 0) is 9.59 Å². The number of carbonyl (C=O) groups is 2. The molecule has 1 unspecified atom stereocenters. The first-order valence-electron chi connectivity index (χ1n) is 5.23. The number of amides is 2. The minimum absolute atomic E-state index is 0.258. The van der Waals surface area contributed by atoms with E-state index >= 15 is 0 Å². The Morgan fingerprint density at radius 1 is 1.40 bits per heavy atom. The molecule has 2 amide bonds. The van der Waals surface area contributed by atoms with Crippen LogP contribution in [0.3, 0.4) is 0 Å². The van der Waals surface area contributed by atoms with Crippen LogP contribution < -0.4 is 5.32 Å². The van der Waals surface area contributed by atoms with Gasteiger partial charge in [0.25, 0.3) is 0 Å². The van der Waals surface area contributed by atoms with Crippen molar-refractivity contribution in [1.82, 2.24) is 5.32 Å². The summed E-state index contributed by atoms with van der Waals surface area (Å²) in [7, 11) is 0. The lowest BCUT2D eigenvalue weighted by atomic mass is 10.1. The van der Waals surface area contributed by atoms with Crippen LogP contribution in [0.5, 0.6) is 0 Å². The molecule has 0 spiro atoms. The minimum Gasteiger partial charge on any atom is -0.293 e. The van der Waals surface area contributed by atoms with Crippen LogP contribution in [0.25, 0.3) is 0 Å². The molecule has 0 fully saturated rings. The van der Waals surface area contributed by atoms with Gasteiger partial charge in [0.15, 0.2) is 0 Å². The average molecular weight is 209 g/mol. The van der Waals surface area contributed by atoms with E-state index in [0.717, 1.165) is 6.42 Å². The fourth-order valence-corrected chi connectivity index (χ4v) is 0.925. The molecule has 0 aromatic rings. The maximum atomic E-state index is 11.2. The van der Waals surface area contributed by atoms with Crippen LogP contribution >= 0.6 is 0 Å². The quantitative estimate of drug-likeness (QED) is 0.557. The van der Waals surface area contributed by atoms with Gasteiger partial charge in [-0.3, -0.25) is 14.9 Å². The smallest absolute Gasteiger partial charge is 0.250 e. The van der Waals surface area contributed by atoms with E-state index in [1.807, 2.05) is 6.08 Å². The van der Waals surface area contributed by atoms with Gasteiger partial charge in [0.05, 0.1) is 0 Å². The molecule has 0 aromatic heterocycles. The fraction of sp³-hybridized carbons (Fsp3) is 0.500. The van der Waals surface area contributed by atoms with Crippen molar-refractivity contribution in [2.24, 2.45) is 5.92 Å². The largest absolute Gasteiger partial charge is 0.293 e. The SMILES string of the molecule is C/C=C\C(=O)NC(=O)C/C=C/C(C)CC. The van der Waals surface area contributed by atoms with Crippen LogP contribution in [-0.4, -0.2) is 11.8 Å². The van der Waals surface area contributed by atoms with Crippen molar-refractivity contribution in [2.45, 2.75) is 33.6 Å². The number of allylic oxidation sites excluding steroid dienone is 2. The molecule has 3 nitrogen and oxygen atoms in total. The summed E-state index contributed by atoms with van der Waals surface area (Å²) in [6.45, 7) is 5.90. The topological polar surface area (TPSA) is 46.2 Å². The molecule has 15 heavy (non-hydrogen) atoms. The van der Waals surface area contributed by atoms with Gasteiger partial charge in [-0.1, -0.05) is 38.5 Å². The number of carbonyl (C=O) groups excluding carboxylic acids is 2. The molecular formula is C12H19NO2. The van der Waals surface area contributed by atoms with Gasteiger partial charge in [0, 0.05) is 6.42 Å². The monoisotopic (exact) mass is 209 g/mol. The summed E-state index contributed by atoms with van der Waals surface area (Å²) in [4.78, 5) is 22.1. The van der Waals surface area contributed by atoms with Gasteiger partial charge in [-0.05, 0) is 18.9 Å². The first-order valence-corrected chi connectivity index (χ1v) is 5.23. The molecule has 0 saturated carbocycles. The highest BCUT2D eigenvalue weighted by molar-refractivity contribution is 6.01. The normalized spacial score (nSPS) is 13.3. The summed E-state index contributed by atoms with van der Waals surface area (Å²) < 4.78 is 0. The third-order valence-corrected chi connectivity index (χ3v) is 1.99. The Morgan fingerprint density at radius 3 is 2.60 bits per heavy atom. The Bertz CT molecular complexity index is 267. The van der Waals surface area contributed by atoms with E-state index in [4.69, 9.17) is 0 Å². The van der Waals surface area contributed by atoms with Crippen molar-refractivity contribution < 1.29 is 9.59 Å². The van der Waals surface area contributed by atoms with Crippen LogP contribution in [0.15, 0.2) is 24.3 Å². The summed E-state index contributed by atoms with van der Waals surface area (Å²) in [6.07, 6.45) is 8.02. The van der Waals surface area contributed by atoms with Crippen molar-refractivity contribution in [3.05, 3.63) is 24.3 Å². The van der Waals surface area contributed by atoms with Gasteiger partial charge in [0.1, 0.15) is 0 Å². The Kier molecular flexibility index (Phi) is 7.24. The van der Waals surface area contributed by atoms with Gasteiger partial charge >= 0.3 is 0 Å². The maximum Gasteiger partial charge on any atom is 0.250 e. The lowest BCUT2D eigenvalue weighted by Crippen LogP contribution is -2.28. The Morgan fingerprint density at radius 2 is 2.07 bits per heavy atom. The molecule has 0 aromatic carbocycles. The van der Waals surface area contributed by atoms with E-state index in [9.17, 15) is 9.59 Å². The standard InChI is InChI=1S/C12H19NO2/c1-4-7-11(14)13-12(15)9-6-8-10(3)5-2/h4,6-8,10H,5,9H2,1-3H3,(H,13,14,15)/b7-4-,8-6+. The molecule has 0 aliphatic heterocycles. The van der Waals surface area contributed by atoms with Crippen molar-refractivity contribution in [3.8, 4) is 0 Å². The van der Waals surface area contributed by atoms with Crippen molar-refractivity contribution in [2.75, 3.05) is 0 Å². The second kappa shape index (κ2) is 7.97. The number of imide groups is 1. The zero-order valence-corrected chi connectivity index (χ0v) is 9.62. The summed E-state index contributed by atoms with van der Waals surface area (Å²) in [5, 5.41) is 2.26. The highest BCUT2D eigenvalue weighted by Gasteiger charge is 2.01. The number of hydrogen-bond acceptors (Lipinski definition) is 2. The third kappa shape index (κ3) is 7.67. The summed E-state index contributed by atoms with van der Waals surface area (Å²) in [5.41, 5.74) is 0. The molecule has 0 aliphatic rings. The second-order valence-electron chi connectivity index (χ2n) is 3.43. The van der Waals surface area contributed by atoms with E-state index in [0.29, 0.717) is 5.92 Å². The third-order valence-electron chi connectivity index (χ3n) is 1.99. The van der Waals surface area contributed by atoms with Crippen molar-refractivity contribution in [3.63, 3.8) is 0 Å². The van der Waals surface area contributed by atoms with Crippen LogP contribution in [0, 0.1) is 5.92 Å². The predicted octanol–water partition coefficient (Wildman–Crippen LogP) is 2.20. The fourth-order valence-electron chi connectivity index (χ4n) is 0.925.